The fraction of sp³-hybridized carbons (Fsp3) is 0.571. The van der Waals surface area contributed by atoms with Gasteiger partial charge < -0.3 is 4.90 Å². The molecule has 5 nitrogen and oxygen atoms in total. The summed E-state index contributed by atoms with van der Waals surface area (Å²) in [4.78, 5) is 14.4. The van der Waals surface area contributed by atoms with Crippen LogP contribution >= 0.6 is 15.9 Å². The minimum atomic E-state index is -4.58. The summed E-state index contributed by atoms with van der Waals surface area (Å²) in [5, 5.41) is 11.3. The molecule has 2 atom stereocenters. The average molecular weight is 396 g/mol. The van der Waals surface area contributed by atoms with Crippen LogP contribution < -0.4 is 4.90 Å². The number of piperazine rings is 1. The molecule has 0 aliphatic carbocycles. The van der Waals surface area contributed by atoms with Crippen LogP contribution in [0.1, 0.15) is 19.4 Å². The molecule has 0 spiro atoms. The van der Waals surface area contributed by atoms with E-state index in [4.69, 9.17) is 0 Å². The van der Waals surface area contributed by atoms with Crippen molar-refractivity contribution in [3.8, 4) is 0 Å². The first-order valence-electron chi connectivity index (χ1n) is 7.04. The van der Waals surface area contributed by atoms with E-state index in [0.717, 1.165) is 12.1 Å². The van der Waals surface area contributed by atoms with Crippen LogP contribution in [-0.2, 0) is 6.18 Å². The average Bonchev–Trinajstić information content (AvgIpc) is 2.42. The SMILES string of the molecule is C[C@@H]1CN(c2cc(C(F)(F)F)c(Br)cc2[N+](=O)[O-])C[C@H](C)N1C. The van der Waals surface area contributed by atoms with Gasteiger partial charge in [-0.15, -0.1) is 0 Å². The number of nitro benzene ring substituents is 1. The summed E-state index contributed by atoms with van der Waals surface area (Å²) >= 11 is 2.79. The molecule has 1 heterocycles. The highest BCUT2D eigenvalue weighted by molar-refractivity contribution is 9.10. The molecule has 1 aromatic carbocycles. The van der Waals surface area contributed by atoms with E-state index in [9.17, 15) is 23.3 Å². The highest BCUT2D eigenvalue weighted by Crippen LogP contribution is 2.42. The normalized spacial score (nSPS) is 23.2. The van der Waals surface area contributed by atoms with Crippen LogP contribution in [-0.4, -0.2) is 42.0 Å². The molecule has 9 heteroatoms. The van der Waals surface area contributed by atoms with Gasteiger partial charge in [-0.1, -0.05) is 0 Å². The number of nitrogens with zero attached hydrogens (tertiary/aromatic N) is 3. The largest absolute Gasteiger partial charge is 0.417 e. The Kier molecular flexibility index (Phi) is 4.91. The smallest absolute Gasteiger partial charge is 0.363 e. The molecule has 0 bridgehead atoms. The quantitative estimate of drug-likeness (QED) is 0.562. The second-order valence-electron chi connectivity index (χ2n) is 5.84. The topological polar surface area (TPSA) is 49.6 Å². The zero-order valence-corrected chi connectivity index (χ0v) is 14.5. The summed E-state index contributed by atoms with van der Waals surface area (Å²) < 4.78 is 39.0. The van der Waals surface area contributed by atoms with Crippen LogP contribution in [0, 0.1) is 10.1 Å². The van der Waals surface area contributed by atoms with Crippen molar-refractivity contribution in [1.29, 1.82) is 0 Å². The molecular weight excluding hydrogens is 379 g/mol. The molecule has 0 N–H and O–H groups in total. The van der Waals surface area contributed by atoms with Crippen LogP contribution in [0.25, 0.3) is 0 Å². The Morgan fingerprint density at radius 2 is 1.78 bits per heavy atom. The van der Waals surface area contributed by atoms with Gasteiger partial charge in [-0.3, -0.25) is 15.0 Å². The molecule has 0 unspecified atom stereocenters. The van der Waals surface area contributed by atoms with Crippen molar-refractivity contribution >= 4 is 27.3 Å². The number of hydrogen-bond acceptors (Lipinski definition) is 4. The number of rotatable bonds is 2. The first-order valence-corrected chi connectivity index (χ1v) is 7.83. The fourth-order valence-corrected chi connectivity index (χ4v) is 3.33. The number of alkyl halides is 3. The third-order valence-corrected chi connectivity index (χ3v) is 4.92. The Morgan fingerprint density at radius 3 is 2.22 bits per heavy atom. The van der Waals surface area contributed by atoms with Crippen molar-refractivity contribution in [2.24, 2.45) is 0 Å². The zero-order chi connectivity index (χ0) is 17.5. The molecule has 0 radical (unpaired) electrons. The molecule has 128 valence electrons. The predicted molar refractivity (Wildman–Crippen MR) is 84.7 cm³/mol. The monoisotopic (exact) mass is 395 g/mol. The number of likely N-dealkylation sites (N-methyl/N-ethyl adjacent to an activating group) is 1. The van der Waals surface area contributed by atoms with Crippen LogP contribution in [0.2, 0.25) is 0 Å². The molecule has 2 rings (SSSR count). The van der Waals surface area contributed by atoms with E-state index in [1.165, 1.54) is 0 Å². The van der Waals surface area contributed by atoms with Crippen LogP contribution in [0.3, 0.4) is 0 Å². The maximum atomic E-state index is 13.1. The molecule has 23 heavy (non-hydrogen) atoms. The molecule has 0 aromatic heterocycles. The Balaban J connectivity index is 2.53. The summed E-state index contributed by atoms with van der Waals surface area (Å²) in [6.45, 7) is 4.75. The van der Waals surface area contributed by atoms with Gasteiger partial charge in [0, 0.05) is 35.7 Å². The number of benzene rings is 1. The molecule has 1 saturated heterocycles. The van der Waals surface area contributed by atoms with Crippen molar-refractivity contribution in [3.63, 3.8) is 0 Å². The second kappa shape index (κ2) is 6.27. The summed E-state index contributed by atoms with van der Waals surface area (Å²) in [5.74, 6) is 0. The fourth-order valence-electron chi connectivity index (χ4n) is 2.77. The van der Waals surface area contributed by atoms with Crippen molar-refractivity contribution in [2.75, 3.05) is 25.0 Å². The first kappa shape index (κ1) is 18.0. The van der Waals surface area contributed by atoms with E-state index in [2.05, 4.69) is 20.8 Å². The van der Waals surface area contributed by atoms with E-state index in [1.807, 2.05) is 20.9 Å². The van der Waals surface area contributed by atoms with Gasteiger partial charge in [-0.25, -0.2) is 0 Å². The van der Waals surface area contributed by atoms with Gasteiger partial charge in [0.1, 0.15) is 5.69 Å². The van der Waals surface area contributed by atoms with Crippen molar-refractivity contribution < 1.29 is 18.1 Å². The summed E-state index contributed by atoms with van der Waals surface area (Å²) in [7, 11) is 1.93. The van der Waals surface area contributed by atoms with Crippen LogP contribution in [0.5, 0.6) is 0 Å². The van der Waals surface area contributed by atoms with Gasteiger partial charge in [-0.05, 0) is 42.9 Å². The molecule has 1 aliphatic heterocycles. The third kappa shape index (κ3) is 3.60. The summed E-state index contributed by atoms with van der Waals surface area (Å²) in [6.07, 6.45) is -4.58. The Labute approximate surface area is 140 Å². The third-order valence-electron chi connectivity index (χ3n) is 4.27. The van der Waals surface area contributed by atoms with E-state index in [-0.39, 0.29) is 27.9 Å². The van der Waals surface area contributed by atoms with Crippen molar-refractivity contribution in [3.05, 3.63) is 32.3 Å². The van der Waals surface area contributed by atoms with Gasteiger partial charge in [0.2, 0.25) is 0 Å². The van der Waals surface area contributed by atoms with Crippen LogP contribution in [0.15, 0.2) is 16.6 Å². The Morgan fingerprint density at radius 1 is 1.26 bits per heavy atom. The lowest BCUT2D eigenvalue weighted by atomic mass is 10.1. The molecule has 0 saturated carbocycles. The minimum absolute atomic E-state index is 0.0114. The highest BCUT2D eigenvalue weighted by Gasteiger charge is 2.37. The minimum Gasteiger partial charge on any atom is -0.363 e. The van der Waals surface area contributed by atoms with Gasteiger partial charge in [0.15, 0.2) is 0 Å². The van der Waals surface area contributed by atoms with Gasteiger partial charge in [-0.2, -0.15) is 13.2 Å². The standard InChI is InChI=1S/C14H17BrF3N3O2/c1-8-6-20(7-9(2)19(8)3)12-4-10(14(16,17)18)11(15)5-13(12)21(22)23/h4-5,8-9H,6-7H2,1-3H3/t8-,9+. The van der Waals surface area contributed by atoms with E-state index in [0.29, 0.717) is 13.1 Å². The summed E-state index contributed by atoms with van der Waals surface area (Å²) in [6, 6.07) is 1.96. The molecule has 1 aromatic rings. The zero-order valence-electron chi connectivity index (χ0n) is 12.9. The van der Waals surface area contributed by atoms with E-state index < -0.39 is 16.7 Å². The van der Waals surface area contributed by atoms with E-state index in [1.54, 1.807) is 4.90 Å². The van der Waals surface area contributed by atoms with Crippen molar-refractivity contribution in [2.45, 2.75) is 32.1 Å². The summed E-state index contributed by atoms with van der Waals surface area (Å²) in [5.41, 5.74) is -1.22. The molecular formula is C14H17BrF3N3O2. The van der Waals surface area contributed by atoms with Gasteiger partial charge >= 0.3 is 6.18 Å². The second-order valence-corrected chi connectivity index (χ2v) is 6.70. The highest BCUT2D eigenvalue weighted by atomic mass is 79.9. The van der Waals surface area contributed by atoms with E-state index >= 15 is 0 Å². The number of hydrogen-bond donors (Lipinski definition) is 0. The maximum absolute atomic E-state index is 13.1. The Hall–Kier alpha value is -1.35. The van der Waals surface area contributed by atoms with Crippen molar-refractivity contribution in [1.82, 2.24) is 4.90 Å². The number of anilines is 1. The number of halogens is 4. The molecule has 1 aliphatic rings. The maximum Gasteiger partial charge on any atom is 0.417 e. The number of nitro groups is 1. The predicted octanol–water partition coefficient (Wildman–Crippen LogP) is 3.90. The molecule has 0 amide bonds. The lowest BCUT2D eigenvalue weighted by Gasteiger charge is -2.43. The van der Waals surface area contributed by atoms with Gasteiger partial charge in [0.05, 0.1) is 10.5 Å². The first-order chi connectivity index (χ1) is 10.5. The lowest BCUT2D eigenvalue weighted by Crippen LogP contribution is -2.55. The van der Waals surface area contributed by atoms with Crippen LogP contribution in [0.4, 0.5) is 24.5 Å². The molecule has 1 fully saturated rings. The van der Waals surface area contributed by atoms with Gasteiger partial charge in [0.25, 0.3) is 5.69 Å². The Bertz CT molecular complexity index is 612. The lowest BCUT2D eigenvalue weighted by molar-refractivity contribution is -0.384.